The summed E-state index contributed by atoms with van der Waals surface area (Å²) in [5, 5.41) is 5.59. The van der Waals surface area contributed by atoms with Gasteiger partial charge in [-0.25, -0.2) is 4.39 Å². The SMILES string of the molecule is COc1cccc(CNc2cccc3ccccc23)c1F. The van der Waals surface area contributed by atoms with Crippen molar-refractivity contribution in [1.82, 2.24) is 0 Å². The summed E-state index contributed by atoms with van der Waals surface area (Å²) in [4.78, 5) is 0. The van der Waals surface area contributed by atoms with Crippen LogP contribution in [0.2, 0.25) is 0 Å². The van der Waals surface area contributed by atoms with Crippen LogP contribution in [0.3, 0.4) is 0 Å². The second kappa shape index (κ2) is 5.83. The number of anilines is 1. The first-order valence-electron chi connectivity index (χ1n) is 6.82. The van der Waals surface area contributed by atoms with E-state index in [4.69, 9.17) is 4.74 Å². The van der Waals surface area contributed by atoms with Gasteiger partial charge < -0.3 is 10.1 Å². The first-order chi connectivity index (χ1) is 10.3. The molecule has 0 heterocycles. The Balaban J connectivity index is 1.87. The lowest BCUT2D eigenvalue weighted by molar-refractivity contribution is 0.384. The number of nitrogens with one attached hydrogen (secondary N) is 1. The Hall–Kier alpha value is -2.55. The zero-order valence-electron chi connectivity index (χ0n) is 11.8. The molecule has 0 aromatic heterocycles. The molecule has 0 radical (unpaired) electrons. The number of benzene rings is 3. The van der Waals surface area contributed by atoms with Gasteiger partial charge in [-0.1, -0.05) is 48.5 Å². The van der Waals surface area contributed by atoms with Gasteiger partial charge in [0.05, 0.1) is 7.11 Å². The van der Waals surface area contributed by atoms with Crippen molar-refractivity contribution in [2.45, 2.75) is 6.54 Å². The predicted octanol–water partition coefficient (Wildman–Crippen LogP) is 4.60. The van der Waals surface area contributed by atoms with Crippen molar-refractivity contribution in [2.24, 2.45) is 0 Å². The quantitative estimate of drug-likeness (QED) is 0.754. The molecular formula is C18H16FNO. The second-order valence-electron chi connectivity index (χ2n) is 4.81. The van der Waals surface area contributed by atoms with Gasteiger partial charge in [0.25, 0.3) is 0 Å². The Morgan fingerprint density at radius 1 is 0.952 bits per heavy atom. The summed E-state index contributed by atoms with van der Waals surface area (Å²) in [6, 6.07) is 19.4. The molecule has 0 unspecified atom stereocenters. The van der Waals surface area contributed by atoms with Crippen LogP contribution < -0.4 is 10.1 Å². The Morgan fingerprint density at radius 2 is 1.71 bits per heavy atom. The molecule has 0 aliphatic carbocycles. The van der Waals surface area contributed by atoms with Gasteiger partial charge in [0, 0.05) is 23.2 Å². The summed E-state index contributed by atoms with van der Waals surface area (Å²) in [6.45, 7) is 0.414. The molecule has 1 N–H and O–H groups in total. The molecule has 0 fully saturated rings. The van der Waals surface area contributed by atoms with Crippen LogP contribution in [0.15, 0.2) is 60.7 Å². The fraction of sp³-hybridized carbons (Fsp3) is 0.111. The highest BCUT2D eigenvalue weighted by Crippen LogP contribution is 2.25. The van der Waals surface area contributed by atoms with E-state index in [0.29, 0.717) is 12.1 Å². The number of hydrogen-bond acceptors (Lipinski definition) is 2. The molecule has 3 rings (SSSR count). The van der Waals surface area contributed by atoms with E-state index in [9.17, 15) is 4.39 Å². The van der Waals surface area contributed by atoms with Crippen LogP contribution in [0.5, 0.6) is 5.75 Å². The van der Waals surface area contributed by atoms with E-state index in [0.717, 1.165) is 16.5 Å². The molecule has 0 spiro atoms. The molecule has 0 saturated carbocycles. The van der Waals surface area contributed by atoms with E-state index in [1.807, 2.05) is 24.3 Å². The minimum Gasteiger partial charge on any atom is -0.494 e. The van der Waals surface area contributed by atoms with Gasteiger partial charge in [0.1, 0.15) is 0 Å². The molecule has 3 aromatic rings. The lowest BCUT2D eigenvalue weighted by Gasteiger charge is -2.11. The van der Waals surface area contributed by atoms with Gasteiger partial charge in [-0.15, -0.1) is 0 Å². The number of halogens is 1. The predicted molar refractivity (Wildman–Crippen MR) is 84.2 cm³/mol. The largest absolute Gasteiger partial charge is 0.494 e. The molecule has 0 aliphatic rings. The van der Waals surface area contributed by atoms with Crippen LogP contribution in [0.4, 0.5) is 10.1 Å². The third-order valence-corrected chi connectivity index (χ3v) is 3.52. The zero-order chi connectivity index (χ0) is 14.7. The minimum absolute atomic E-state index is 0.271. The molecule has 3 heteroatoms. The number of ether oxygens (including phenoxy) is 1. The topological polar surface area (TPSA) is 21.3 Å². The first-order valence-corrected chi connectivity index (χ1v) is 6.82. The van der Waals surface area contributed by atoms with Gasteiger partial charge in [0.2, 0.25) is 0 Å². The normalized spacial score (nSPS) is 10.6. The molecule has 0 bridgehead atoms. The van der Waals surface area contributed by atoms with Crippen molar-refractivity contribution in [3.63, 3.8) is 0 Å². The second-order valence-corrected chi connectivity index (χ2v) is 4.81. The van der Waals surface area contributed by atoms with Crippen LogP contribution in [0, 0.1) is 5.82 Å². The van der Waals surface area contributed by atoms with Crippen molar-refractivity contribution >= 4 is 16.5 Å². The maximum Gasteiger partial charge on any atom is 0.170 e. The Kier molecular flexibility index (Phi) is 3.73. The van der Waals surface area contributed by atoms with Crippen LogP contribution in [-0.4, -0.2) is 7.11 Å². The average Bonchev–Trinajstić information content (AvgIpc) is 2.54. The summed E-state index contributed by atoms with van der Waals surface area (Å²) in [5.41, 5.74) is 1.58. The summed E-state index contributed by atoms with van der Waals surface area (Å²) >= 11 is 0. The highest BCUT2D eigenvalue weighted by atomic mass is 19.1. The van der Waals surface area contributed by atoms with Crippen LogP contribution in [-0.2, 0) is 6.54 Å². The monoisotopic (exact) mass is 281 g/mol. The van der Waals surface area contributed by atoms with Gasteiger partial charge in [0.15, 0.2) is 11.6 Å². The molecule has 106 valence electrons. The van der Waals surface area contributed by atoms with E-state index in [1.54, 1.807) is 18.2 Å². The molecule has 0 aliphatic heterocycles. The fourth-order valence-electron chi connectivity index (χ4n) is 2.42. The highest BCUT2D eigenvalue weighted by molar-refractivity contribution is 5.93. The molecular weight excluding hydrogens is 265 g/mol. The molecule has 3 aromatic carbocycles. The fourth-order valence-corrected chi connectivity index (χ4v) is 2.42. The van der Waals surface area contributed by atoms with Crippen LogP contribution >= 0.6 is 0 Å². The third kappa shape index (κ3) is 2.68. The number of methoxy groups -OCH3 is 1. The summed E-state index contributed by atoms with van der Waals surface area (Å²) in [6.07, 6.45) is 0. The van der Waals surface area contributed by atoms with E-state index in [1.165, 1.54) is 7.11 Å². The number of hydrogen-bond donors (Lipinski definition) is 1. The summed E-state index contributed by atoms with van der Waals surface area (Å²) in [7, 11) is 1.47. The average molecular weight is 281 g/mol. The van der Waals surface area contributed by atoms with Crippen molar-refractivity contribution < 1.29 is 9.13 Å². The maximum atomic E-state index is 14.1. The number of fused-ring (bicyclic) bond motifs is 1. The lowest BCUT2D eigenvalue weighted by atomic mass is 10.1. The van der Waals surface area contributed by atoms with E-state index in [-0.39, 0.29) is 11.6 Å². The van der Waals surface area contributed by atoms with E-state index < -0.39 is 0 Å². The van der Waals surface area contributed by atoms with E-state index in [2.05, 4.69) is 23.5 Å². The number of rotatable bonds is 4. The Labute approximate surface area is 123 Å². The maximum absolute atomic E-state index is 14.1. The molecule has 2 nitrogen and oxygen atoms in total. The molecule has 21 heavy (non-hydrogen) atoms. The summed E-state index contributed by atoms with van der Waals surface area (Å²) in [5.74, 6) is -0.0417. The van der Waals surface area contributed by atoms with Gasteiger partial charge in [-0.05, 0) is 17.5 Å². The molecule has 0 atom stereocenters. The van der Waals surface area contributed by atoms with Crippen LogP contribution in [0.1, 0.15) is 5.56 Å². The van der Waals surface area contributed by atoms with Gasteiger partial charge in [-0.2, -0.15) is 0 Å². The summed E-state index contributed by atoms with van der Waals surface area (Å²) < 4.78 is 19.1. The van der Waals surface area contributed by atoms with Gasteiger partial charge in [-0.3, -0.25) is 0 Å². The van der Waals surface area contributed by atoms with E-state index >= 15 is 0 Å². The van der Waals surface area contributed by atoms with Crippen molar-refractivity contribution in [3.05, 3.63) is 72.0 Å². The van der Waals surface area contributed by atoms with Crippen LogP contribution in [0.25, 0.3) is 10.8 Å². The molecule has 0 amide bonds. The molecule has 0 saturated heterocycles. The first kappa shape index (κ1) is 13.4. The third-order valence-electron chi connectivity index (χ3n) is 3.52. The zero-order valence-corrected chi connectivity index (χ0v) is 11.8. The van der Waals surface area contributed by atoms with Crippen molar-refractivity contribution in [1.29, 1.82) is 0 Å². The standard InChI is InChI=1S/C18H16FNO/c1-21-17-11-5-8-14(18(17)19)12-20-16-10-4-7-13-6-2-3-9-15(13)16/h2-11,20H,12H2,1H3. The smallest absolute Gasteiger partial charge is 0.170 e. The Morgan fingerprint density at radius 3 is 2.57 bits per heavy atom. The van der Waals surface area contributed by atoms with Crippen molar-refractivity contribution in [3.8, 4) is 5.75 Å². The van der Waals surface area contributed by atoms with Gasteiger partial charge >= 0.3 is 0 Å². The van der Waals surface area contributed by atoms with Crippen molar-refractivity contribution in [2.75, 3.05) is 12.4 Å². The Bertz CT molecular complexity index is 765. The lowest BCUT2D eigenvalue weighted by Crippen LogP contribution is -2.03. The minimum atomic E-state index is -0.312. The highest BCUT2D eigenvalue weighted by Gasteiger charge is 2.08.